The number of likely N-dealkylation sites (tertiary alicyclic amines) is 1. The summed E-state index contributed by atoms with van der Waals surface area (Å²) in [4.78, 5) is 22.3. The number of imidazole rings is 1. The van der Waals surface area contributed by atoms with Crippen molar-refractivity contribution in [3.8, 4) is 11.5 Å². The van der Waals surface area contributed by atoms with E-state index in [1.165, 1.54) is 6.07 Å². The summed E-state index contributed by atoms with van der Waals surface area (Å²) in [5.41, 5.74) is 0.982. The summed E-state index contributed by atoms with van der Waals surface area (Å²) in [6.07, 6.45) is 4.14. The average molecular weight is 324 g/mol. The van der Waals surface area contributed by atoms with Crippen LogP contribution in [0.25, 0.3) is 22.4 Å². The van der Waals surface area contributed by atoms with E-state index in [0.29, 0.717) is 30.0 Å². The van der Waals surface area contributed by atoms with Crippen molar-refractivity contribution in [2.45, 2.75) is 13.0 Å². The summed E-state index contributed by atoms with van der Waals surface area (Å²) in [7, 11) is 1.82. The quantitative estimate of drug-likeness (QED) is 0.744. The zero-order valence-electron chi connectivity index (χ0n) is 13.3. The Labute approximate surface area is 138 Å². The Morgan fingerprint density at radius 3 is 2.96 bits per heavy atom. The van der Waals surface area contributed by atoms with E-state index in [9.17, 15) is 9.18 Å². The number of para-hydroxylation sites is 1. The number of pyridine rings is 1. The lowest BCUT2D eigenvalue weighted by molar-refractivity contribution is -0.126. The third-order valence-electron chi connectivity index (χ3n) is 4.49. The summed E-state index contributed by atoms with van der Waals surface area (Å²) >= 11 is 0. The lowest BCUT2D eigenvalue weighted by Crippen LogP contribution is -2.20. The van der Waals surface area contributed by atoms with Crippen molar-refractivity contribution in [2.75, 3.05) is 13.6 Å². The number of rotatable bonds is 3. The van der Waals surface area contributed by atoms with Crippen molar-refractivity contribution < 1.29 is 9.18 Å². The van der Waals surface area contributed by atoms with Crippen LogP contribution >= 0.6 is 0 Å². The summed E-state index contributed by atoms with van der Waals surface area (Å²) in [6, 6.07) is 8.62. The minimum absolute atomic E-state index is 0.174. The van der Waals surface area contributed by atoms with Crippen LogP contribution in [0.3, 0.4) is 0 Å². The molecule has 3 aromatic rings. The van der Waals surface area contributed by atoms with Crippen LogP contribution in [0.15, 0.2) is 42.7 Å². The van der Waals surface area contributed by atoms with Gasteiger partial charge in [0.1, 0.15) is 17.0 Å². The molecule has 0 spiro atoms. The number of hydrogen-bond acceptors (Lipinski definition) is 3. The maximum atomic E-state index is 14.0. The number of carbonyl (C=O) groups is 1. The smallest absolute Gasteiger partial charge is 0.222 e. The minimum atomic E-state index is -0.338. The molecule has 0 bridgehead atoms. The number of fused-ring (bicyclic) bond motifs is 1. The number of carbonyl (C=O) groups excluding carboxylic acids is 1. The second-order valence-corrected chi connectivity index (χ2v) is 6.26. The highest BCUT2D eigenvalue weighted by molar-refractivity contribution is 5.81. The van der Waals surface area contributed by atoms with Gasteiger partial charge in [0, 0.05) is 50.3 Å². The van der Waals surface area contributed by atoms with Crippen molar-refractivity contribution >= 4 is 16.8 Å². The molecule has 5 nitrogen and oxygen atoms in total. The molecule has 1 unspecified atom stereocenters. The van der Waals surface area contributed by atoms with Crippen molar-refractivity contribution in [3.63, 3.8) is 0 Å². The van der Waals surface area contributed by atoms with Gasteiger partial charge in [-0.15, -0.1) is 0 Å². The first-order valence-corrected chi connectivity index (χ1v) is 7.92. The van der Waals surface area contributed by atoms with Gasteiger partial charge in [-0.3, -0.25) is 4.79 Å². The largest absolute Gasteiger partial charge is 0.345 e. The Morgan fingerprint density at radius 1 is 1.29 bits per heavy atom. The predicted molar refractivity (Wildman–Crippen MR) is 88.7 cm³/mol. The number of halogens is 1. The van der Waals surface area contributed by atoms with Gasteiger partial charge in [-0.25, -0.2) is 14.4 Å². The van der Waals surface area contributed by atoms with Crippen LogP contribution in [0, 0.1) is 11.7 Å². The van der Waals surface area contributed by atoms with E-state index in [1.54, 1.807) is 17.2 Å². The second kappa shape index (κ2) is 5.70. The number of aromatic nitrogens is 3. The van der Waals surface area contributed by atoms with Gasteiger partial charge in [0.2, 0.25) is 5.91 Å². The maximum absolute atomic E-state index is 14.0. The van der Waals surface area contributed by atoms with E-state index in [4.69, 9.17) is 0 Å². The van der Waals surface area contributed by atoms with Crippen LogP contribution in [0.5, 0.6) is 0 Å². The van der Waals surface area contributed by atoms with Crippen LogP contribution < -0.4 is 0 Å². The fourth-order valence-electron chi connectivity index (χ4n) is 3.28. The SMILES string of the molecule is CN1CC(Cn2ccnc2-c2ccc3cccc(F)c3n2)CC1=O. The maximum Gasteiger partial charge on any atom is 0.222 e. The van der Waals surface area contributed by atoms with Gasteiger partial charge in [0.15, 0.2) is 5.82 Å². The third-order valence-corrected chi connectivity index (χ3v) is 4.49. The molecule has 4 rings (SSSR count). The van der Waals surface area contributed by atoms with Gasteiger partial charge in [-0.1, -0.05) is 18.2 Å². The molecule has 122 valence electrons. The van der Waals surface area contributed by atoms with E-state index in [1.807, 2.05) is 36.0 Å². The second-order valence-electron chi connectivity index (χ2n) is 6.26. The summed E-state index contributed by atoms with van der Waals surface area (Å²) < 4.78 is 16.0. The van der Waals surface area contributed by atoms with Crippen molar-refractivity contribution in [2.24, 2.45) is 5.92 Å². The molecule has 24 heavy (non-hydrogen) atoms. The summed E-state index contributed by atoms with van der Waals surface area (Å²) in [5, 5.41) is 0.764. The molecule has 1 fully saturated rings. The number of hydrogen-bond donors (Lipinski definition) is 0. The number of amides is 1. The fraction of sp³-hybridized carbons (Fsp3) is 0.278. The highest BCUT2D eigenvalue weighted by Gasteiger charge is 2.27. The molecule has 3 heterocycles. The van der Waals surface area contributed by atoms with E-state index >= 15 is 0 Å². The molecular formula is C18H17FN4O. The van der Waals surface area contributed by atoms with Crippen LogP contribution in [0.1, 0.15) is 6.42 Å². The minimum Gasteiger partial charge on any atom is -0.345 e. The predicted octanol–water partition coefficient (Wildman–Crippen LogP) is 2.72. The van der Waals surface area contributed by atoms with Gasteiger partial charge >= 0.3 is 0 Å². The summed E-state index contributed by atoms with van der Waals surface area (Å²) in [6.45, 7) is 1.44. The number of nitrogens with zero attached hydrogens (tertiary/aromatic N) is 4. The lowest BCUT2D eigenvalue weighted by atomic mass is 10.1. The zero-order chi connectivity index (χ0) is 16.7. The molecule has 1 aliphatic heterocycles. The summed E-state index contributed by atoms with van der Waals surface area (Å²) in [5.74, 6) is 0.790. The normalized spacial score (nSPS) is 17.8. The molecule has 1 amide bonds. The van der Waals surface area contributed by atoms with Crippen LogP contribution in [-0.2, 0) is 11.3 Å². The Bertz CT molecular complexity index is 920. The van der Waals surface area contributed by atoms with Crippen molar-refractivity contribution in [1.82, 2.24) is 19.4 Å². The number of benzene rings is 1. The van der Waals surface area contributed by atoms with Gasteiger partial charge < -0.3 is 9.47 Å². The van der Waals surface area contributed by atoms with Crippen LogP contribution in [-0.4, -0.2) is 38.9 Å². The highest BCUT2D eigenvalue weighted by Crippen LogP contribution is 2.24. The molecule has 6 heteroatoms. The Balaban J connectivity index is 1.67. The molecule has 1 aliphatic rings. The van der Waals surface area contributed by atoms with Crippen molar-refractivity contribution in [1.29, 1.82) is 0 Å². The lowest BCUT2D eigenvalue weighted by Gasteiger charge is -2.13. The topological polar surface area (TPSA) is 51.0 Å². The monoisotopic (exact) mass is 324 g/mol. The van der Waals surface area contributed by atoms with Crippen LogP contribution in [0.4, 0.5) is 4.39 Å². The molecule has 1 aromatic carbocycles. The van der Waals surface area contributed by atoms with Gasteiger partial charge in [-0.05, 0) is 12.1 Å². The standard InChI is InChI=1S/C18H17FN4O/c1-22-10-12(9-16(22)24)11-23-8-7-20-18(23)15-6-5-13-3-2-4-14(19)17(13)21-15/h2-8,12H,9-11H2,1H3. The third kappa shape index (κ3) is 2.54. The van der Waals surface area contributed by atoms with E-state index in [2.05, 4.69) is 9.97 Å². The molecule has 0 aliphatic carbocycles. The molecule has 0 N–H and O–H groups in total. The molecule has 1 atom stereocenters. The zero-order valence-corrected chi connectivity index (χ0v) is 13.3. The first-order valence-electron chi connectivity index (χ1n) is 7.92. The Morgan fingerprint density at radius 2 is 2.17 bits per heavy atom. The molecule has 2 aromatic heterocycles. The van der Waals surface area contributed by atoms with Gasteiger partial charge in [0.05, 0.1) is 0 Å². The van der Waals surface area contributed by atoms with Crippen LogP contribution in [0.2, 0.25) is 0 Å². The molecular weight excluding hydrogens is 307 g/mol. The Hall–Kier alpha value is -2.76. The van der Waals surface area contributed by atoms with Gasteiger partial charge in [-0.2, -0.15) is 0 Å². The fourth-order valence-corrected chi connectivity index (χ4v) is 3.28. The molecule has 0 saturated carbocycles. The Kier molecular flexibility index (Phi) is 3.52. The highest BCUT2D eigenvalue weighted by atomic mass is 19.1. The first kappa shape index (κ1) is 14.8. The molecule has 1 saturated heterocycles. The molecule has 0 radical (unpaired) electrons. The van der Waals surface area contributed by atoms with E-state index < -0.39 is 0 Å². The van der Waals surface area contributed by atoms with Gasteiger partial charge in [0.25, 0.3) is 0 Å². The first-order chi connectivity index (χ1) is 11.6. The average Bonchev–Trinajstić information content (AvgIpc) is 3.15. The van der Waals surface area contributed by atoms with E-state index in [0.717, 1.165) is 11.9 Å². The van der Waals surface area contributed by atoms with E-state index in [-0.39, 0.29) is 17.6 Å². The van der Waals surface area contributed by atoms with Crippen molar-refractivity contribution in [3.05, 3.63) is 48.5 Å².